The Balaban J connectivity index is 1.44. The predicted molar refractivity (Wildman–Crippen MR) is 118 cm³/mol. The van der Waals surface area contributed by atoms with E-state index >= 15 is 0 Å². The normalized spacial score (nSPS) is 17.4. The Kier molecular flexibility index (Phi) is 6.20. The van der Waals surface area contributed by atoms with Crippen molar-refractivity contribution in [2.24, 2.45) is 5.92 Å². The van der Waals surface area contributed by atoms with Gasteiger partial charge in [-0.3, -0.25) is 4.79 Å². The van der Waals surface area contributed by atoms with Crippen LogP contribution in [0.25, 0.3) is 5.69 Å². The van der Waals surface area contributed by atoms with E-state index in [2.05, 4.69) is 10.3 Å². The van der Waals surface area contributed by atoms with Crippen LogP contribution in [-0.4, -0.2) is 41.3 Å². The quantitative estimate of drug-likeness (QED) is 0.641. The number of amides is 1. The predicted octanol–water partition coefficient (Wildman–Crippen LogP) is 2.90. The van der Waals surface area contributed by atoms with E-state index in [-0.39, 0.29) is 23.3 Å². The number of sulfonamides is 1. The molecule has 4 rings (SSSR count). The third-order valence-electron chi connectivity index (χ3n) is 5.67. The van der Waals surface area contributed by atoms with E-state index in [0.29, 0.717) is 25.9 Å². The summed E-state index contributed by atoms with van der Waals surface area (Å²) in [5.74, 6) is 0.382. The number of aromatic nitrogens is 2. The highest BCUT2D eigenvalue weighted by molar-refractivity contribution is 7.89. The molecule has 31 heavy (non-hydrogen) atoms. The zero-order valence-corrected chi connectivity index (χ0v) is 18.3. The van der Waals surface area contributed by atoms with E-state index < -0.39 is 10.0 Å². The van der Waals surface area contributed by atoms with Crippen molar-refractivity contribution >= 4 is 15.9 Å². The summed E-state index contributed by atoms with van der Waals surface area (Å²) in [6.07, 6.45) is 4.97. The topological polar surface area (TPSA) is 84.3 Å². The lowest BCUT2D eigenvalue weighted by Gasteiger charge is -2.31. The summed E-state index contributed by atoms with van der Waals surface area (Å²) in [6, 6.07) is 16.2. The van der Waals surface area contributed by atoms with Crippen LogP contribution < -0.4 is 5.32 Å². The monoisotopic (exact) mass is 438 g/mol. The van der Waals surface area contributed by atoms with Gasteiger partial charge < -0.3 is 9.88 Å². The summed E-state index contributed by atoms with van der Waals surface area (Å²) in [5.41, 5.74) is 1.94. The summed E-state index contributed by atoms with van der Waals surface area (Å²) in [7, 11) is -3.59. The molecule has 1 saturated heterocycles. The van der Waals surface area contributed by atoms with Gasteiger partial charge in [0.25, 0.3) is 0 Å². The van der Waals surface area contributed by atoms with Crippen LogP contribution in [0.15, 0.2) is 71.9 Å². The Morgan fingerprint density at radius 3 is 2.61 bits per heavy atom. The van der Waals surface area contributed by atoms with Crippen LogP contribution in [-0.2, 0) is 21.4 Å². The molecule has 0 aliphatic carbocycles. The molecule has 1 fully saturated rings. The second kappa shape index (κ2) is 9.03. The maximum Gasteiger partial charge on any atom is 0.243 e. The summed E-state index contributed by atoms with van der Waals surface area (Å²) in [4.78, 5) is 17.4. The number of hydrogen-bond donors (Lipinski definition) is 1. The minimum Gasteiger partial charge on any atom is -0.352 e. The molecule has 1 atom stereocenters. The number of piperidine rings is 1. The molecule has 0 spiro atoms. The van der Waals surface area contributed by atoms with Crippen molar-refractivity contribution in [3.63, 3.8) is 0 Å². The molecule has 3 aromatic rings. The summed E-state index contributed by atoms with van der Waals surface area (Å²) in [6.45, 7) is 2.93. The van der Waals surface area contributed by atoms with E-state index in [1.54, 1.807) is 36.5 Å². The first kappa shape index (κ1) is 21.3. The Morgan fingerprint density at radius 2 is 1.87 bits per heavy atom. The minimum absolute atomic E-state index is 0.120. The highest BCUT2D eigenvalue weighted by atomic mass is 32.2. The number of para-hydroxylation sites is 1. The molecule has 0 bridgehead atoms. The highest BCUT2D eigenvalue weighted by Gasteiger charge is 2.33. The maximum atomic E-state index is 12.9. The molecule has 1 aliphatic heterocycles. The van der Waals surface area contributed by atoms with Gasteiger partial charge in [0.1, 0.15) is 5.82 Å². The Hall–Kier alpha value is -2.97. The lowest BCUT2D eigenvalue weighted by molar-refractivity contribution is -0.126. The maximum absolute atomic E-state index is 12.9. The fourth-order valence-electron chi connectivity index (χ4n) is 3.97. The average molecular weight is 439 g/mol. The zero-order chi connectivity index (χ0) is 21.8. The molecule has 7 nitrogen and oxygen atoms in total. The van der Waals surface area contributed by atoms with Gasteiger partial charge in [-0.15, -0.1) is 0 Å². The molecule has 162 valence electrons. The van der Waals surface area contributed by atoms with Crippen molar-refractivity contribution in [2.45, 2.75) is 31.2 Å². The van der Waals surface area contributed by atoms with Gasteiger partial charge in [-0.05, 0) is 43.5 Å². The molecule has 1 aliphatic rings. The van der Waals surface area contributed by atoms with Gasteiger partial charge in [0.15, 0.2) is 0 Å². The molecular weight excluding hydrogens is 412 g/mol. The van der Waals surface area contributed by atoms with Gasteiger partial charge in [-0.1, -0.05) is 36.4 Å². The van der Waals surface area contributed by atoms with Crippen LogP contribution in [0, 0.1) is 12.8 Å². The number of hydrogen-bond acceptors (Lipinski definition) is 4. The molecule has 0 saturated carbocycles. The number of aryl methyl sites for hydroxylation is 1. The average Bonchev–Trinajstić information content (AvgIpc) is 3.24. The van der Waals surface area contributed by atoms with E-state index in [4.69, 9.17) is 0 Å². The van der Waals surface area contributed by atoms with E-state index in [1.165, 1.54) is 4.31 Å². The summed E-state index contributed by atoms with van der Waals surface area (Å²) < 4.78 is 29.3. The molecular formula is C23H26N4O3S. The Bertz CT molecular complexity index is 1160. The molecule has 2 heterocycles. The first-order valence-electron chi connectivity index (χ1n) is 10.4. The van der Waals surface area contributed by atoms with Crippen molar-refractivity contribution in [1.82, 2.24) is 19.2 Å². The van der Waals surface area contributed by atoms with Crippen LogP contribution in [0.5, 0.6) is 0 Å². The number of nitrogens with one attached hydrogen (secondary N) is 1. The third kappa shape index (κ3) is 4.55. The second-order valence-corrected chi connectivity index (χ2v) is 9.64. The summed E-state index contributed by atoms with van der Waals surface area (Å²) in [5, 5.41) is 3.01. The first-order chi connectivity index (χ1) is 15.0. The van der Waals surface area contributed by atoms with Gasteiger partial charge in [0.05, 0.1) is 16.5 Å². The standard InChI is InChI=1S/C23H26N4O3S/c1-18-24-13-15-27(18)22-12-6-5-8-19(22)16-25-23(28)20-9-7-14-26(17-20)31(29,30)21-10-3-2-4-11-21/h2-6,8,10-13,15,20H,7,9,14,16-17H2,1H3,(H,25,28). The lowest BCUT2D eigenvalue weighted by atomic mass is 9.98. The van der Waals surface area contributed by atoms with Gasteiger partial charge in [0.2, 0.25) is 15.9 Å². The van der Waals surface area contributed by atoms with Crippen molar-refractivity contribution in [3.8, 4) is 5.69 Å². The number of carbonyl (C=O) groups is 1. The first-order valence-corrected chi connectivity index (χ1v) is 11.8. The fraction of sp³-hybridized carbons (Fsp3) is 0.304. The molecule has 2 aromatic carbocycles. The minimum atomic E-state index is -3.59. The summed E-state index contributed by atoms with van der Waals surface area (Å²) >= 11 is 0. The van der Waals surface area contributed by atoms with Gasteiger partial charge in [-0.2, -0.15) is 4.31 Å². The number of imidazole rings is 1. The van der Waals surface area contributed by atoms with Crippen LogP contribution in [0.4, 0.5) is 0 Å². The number of carbonyl (C=O) groups excluding carboxylic acids is 1. The third-order valence-corrected chi connectivity index (χ3v) is 7.55. The number of benzene rings is 2. The van der Waals surface area contributed by atoms with Crippen LogP contribution in [0.3, 0.4) is 0 Å². The molecule has 1 aromatic heterocycles. The lowest BCUT2D eigenvalue weighted by Crippen LogP contribution is -2.45. The molecule has 1 amide bonds. The fourth-order valence-corrected chi connectivity index (χ4v) is 5.52. The van der Waals surface area contributed by atoms with Crippen molar-refractivity contribution in [2.75, 3.05) is 13.1 Å². The van der Waals surface area contributed by atoms with Crippen molar-refractivity contribution in [3.05, 3.63) is 78.4 Å². The molecule has 1 unspecified atom stereocenters. The molecule has 8 heteroatoms. The number of rotatable bonds is 6. The van der Waals surface area contributed by atoms with Crippen LogP contribution in [0.2, 0.25) is 0 Å². The van der Waals surface area contributed by atoms with Crippen LogP contribution >= 0.6 is 0 Å². The number of nitrogens with zero attached hydrogens (tertiary/aromatic N) is 3. The Morgan fingerprint density at radius 1 is 1.13 bits per heavy atom. The van der Waals surface area contributed by atoms with Crippen molar-refractivity contribution in [1.29, 1.82) is 0 Å². The SMILES string of the molecule is Cc1nccn1-c1ccccc1CNC(=O)C1CCCN(S(=O)(=O)c2ccccc2)C1. The van der Waals surface area contributed by atoms with Gasteiger partial charge in [0, 0.05) is 32.0 Å². The molecule has 0 radical (unpaired) electrons. The molecule has 1 N–H and O–H groups in total. The van der Waals surface area contributed by atoms with E-state index in [0.717, 1.165) is 17.1 Å². The zero-order valence-electron chi connectivity index (χ0n) is 17.4. The van der Waals surface area contributed by atoms with E-state index in [1.807, 2.05) is 42.0 Å². The smallest absolute Gasteiger partial charge is 0.243 e. The van der Waals surface area contributed by atoms with Gasteiger partial charge in [-0.25, -0.2) is 13.4 Å². The van der Waals surface area contributed by atoms with Crippen LogP contribution in [0.1, 0.15) is 24.2 Å². The van der Waals surface area contributed by atoms with Gasteiger partial charge >= 0.3 is 0 Å². The second-order valence-electron chi connectivity index (χ2n) is 7.71. The largest absolute Gasteiger partial charge is 0.352 e. The Labute approximate surface area is 182 Å². The highest BCUT2D eigenvalue weighted by Crippen LogP contribution is 2.24. The van der Waals surface area contributed by atoms with Crippen molar-refractivity contribution < 1.29 is 13.2 Å². The van der Waals surface area contributed by atoms with E-state index in [9.17, 15) is 13.2 Å².